The van der Waals surface area contributed by atoms with Gasteiger partial charge < -0.3 is 15.4 Å². The molecule has 0 spiro atoms. The lowest BCUT2D eigenvalue weighted by Crippen LogP contribution is -2.36. The van der Waals surface area contributed by atoms with Gasteiger partial charge in [0.2, 0.25) is 5.91 Å². The maximum atomic E-state index is 12.2. The molecule has 0 radical (unpaired) electrons. The number of nitrogens with two attached hydrogens (primary N) is 1. The molecule has 1 amide bonds. The van der Waals surface area contributed by atoms with E-state index in [0.29, 0.717) is 18.1 Å². The summed E-state index contributed by atoms with van der Waals surface area (Å²) in [6, 6.07) is -0.665. The molecule has 1 aliphatic rings. The molecule has 0 heterocycles. The zero-order valence-corrected chi connectivity index (χ0v) is 13.1. The minimum atomic E-state index is -0.665. The number of hydrogen-bond donors (Lipinski definition) is 1. The third kappa shape index (κ3) is 5.17. The topological polar surface area (TPSA) is 72.6 Å². The summed E-state index contributed by atoms with van der Waals surface area (Å²) in [7, 11) is 1.31. The molecule has 0 aliphatic heterocycles. The van der Waals surface area contributed by atoms with E-state index in [9.17, 15) is 9.59 Å². The predicted molar refractivity (Wildman–Crippen MR) is 81.3 cm³/mol. The molecule has 1 aliphatic carbocycles. The lowest BCUT2D eigenvalue weighted by atomic mass is 10.0. The van der Waals surface area contributed by atoms with Crippen LogP contribution in [0.5, 0.6) is 0 Å². The summed E-state index contributed by atoms with van der Waals surface area (Å²) in [5, 5.41) is 0. The van der Waals surface area contributed by atoms with E-state index in [0.717, 1.165) is 25.0 Å². The molecule has 0 fully saturated rings. The van der Waals surface area contributed by atoms with Crippen molar-refractivity contribution in [3.63, 3.8) is 0 Å². The lowest BCUT2D eigenvalue weighted by molar-refractivity contribution is -0.141. The first-order valence-electron chi connectivity index (χ1n) is 7.00. The third-order valence-corrected chi connectivity index (χ3v) is 4.30. The van der Waals surface area contributed by atoms with Crippen molar-refractivity contribution in [1.29, 1.82) is 0 Å². The van der Waals surface area contributed by atoms with Crippen LogP contribution in [0, 0.1) is 0 Å². The number of carbonyl (C=O) groups is 2. The number of methoxy groups -OCH3 is 1. The summed E-state index contributed by atoms with van der Waals surface area (Å²) < 4.78 is 4.55. The van der Waals surface area contributed by atoms with E-state index >= 15 is 0 Å². The van der Waals surface area contributed by atoms with Crippen molar-refractivity contribution in [2.45, 2.75) is 38.6 Å². The first-order valence-corrected chi connectivity index (χ1v) is 8.16. The van der Waals surface area contributed by atoms with Crippen LogP contribution < -0.4 is 5.73 Å². The van der Waals surface area contributed by atoms with Gasteiger partial charge in [-0.3, -0.25) is 9.59 Å². The van der Waals surface area contributed by atoms with Crippen molar-refractivity contribution in [3.05, 3.63) is 11.8 Å². The molecule has 0 bridgehead atoms. The van der Waals surface area contributed by atoms with Gasteiger partial charge >= 0.3 is 5.97 Å². The lowest BCUT2D eigenvalue weighted by Gasteiger charge is -2.26. The van der Waals surface area contributed by atoms with Crippen LogP contribution in [-0.4, -0.2) is 48.0 Å². The Morgan fingerprint density at radius 3 is 2.80 bits per heavy atom. The molecular formula is C14H24N2O3S. The van der Waals surface area contributed by atoms with Gasteiger partial charge in [0, 0.05) is 18.0 Å². The summed E-state index contributed by atoms with van der Waals surface area (Å²) in [5.74, 6) is 0.389. The number of carbonyl (C=O) groups excluding carboxylic acids is 2. The second kappa shape index (κ2) is 9.02. The highest BCUT2D eigenvalue weighted by Crippen LogP contribution is 2.21. The molecule has 20 heavy (non-hydrogen) atoms. The highest BCUT2D eigenvalue weighted by atomic mass is 32.2. The van der Waals surface area contributed by atoms with Crippen LogP contribution in [0.15, 0.2) is 11.8 Å². The van der Waals surface area contributed by atoms with Gasteiger partial charge in [-0.05, 0) is 32.6 Å². The molecule has 1 unspecified atom stereocenters. The molecule has 2 N–H and O–H groups in total. The van der Waals surface area contributed by atoms with Gasteiger partial charge in [-0.15, -0.1) is 11.8 Å². The summed E-state index contributed by atoms with van der Waals surface area (Å²) in [5.41, 5.74) is 6.77. The fraction of sp³-hybridized carbons (Fsp3) is 0.714. The van der Waals surface area contributed by atoms with Crippen LogP contribution >= 0.6 is 11.8 Å². The summed E-state index contributed by atoms with van der Waals surface area (Å²) in [4.78, 5) is 25.2. The van der Waals surface area contributed by atoms with E-state index in [-0.39, 0.29) is 5.91 Å². The van der Waals surface area contributed by atoms with E-state index in [4.69, 9.17) is 5.73 Å². The summed E-state index contributed by atoms with van der Waals surface area (Å²) >= 11 is 1.38. The van der Waals surface area contributed by atoms with Crippen molar-refractivity contribution in [1.82, 2.24) is 4.90 Å². The number of thioether (sulfide) groups is 1. The zero-order chi connectivity index (χ0) is 15.0. The molecule has 1 rings (SSSR count). The maximum Gasteiger partial charge on any atom is 0.323 e. The SMILES string of the molecule is CCN(C(=O)CSCC(N)C(=O)OC)C1=CCCCC1. The number of ether oxygens (including phenoxy) is 1. The van der Waals surface area contributed by atoms with E-state index < -0.39 is 12.0 Å². The number of allylic oxidation sites excluding steroid dienone is 2. The summed E-state index contributed by atoms with van der Waals surface area (Å²) in [6.07, 6.45) is 6.55. The van der Waals surface area contributed by atoms with Crippen LogP contribution in [0.4, 0.5) is 0 Å². The molecule has 114 valence electrons. The quantitative estimate of drug-likeness (QED) is 0.722. The number of nitrogens with zero attached hydrogens (tertiary/aromatic N) is 1. The van der Waals surface area contributed by atoms with Gasteiger partial charge in [-0.25, -0.2) is 0 Å². The van der Waals surface area contributed by atoms with Crippen molar-refractivity contribution in [3.8, 4) is 0 Å². The van der Waals surface area contributed by atoms with Crippen LogP contribution in [0.2, 0.25) is 0 Å². The monoisotopic (exact) mass is 300 g/mol. The molecule has 0 aromatic rings. The molecule has 1 atom stereocenters. The first-order chi connectivity index (χ1) is 9.60. The molecule has 6 heteroatoms. The van der Waals surface area contributed by atoms with Gasteiger partial charge in [-0.2, -0.15) is 0 Å². The largest absolute Gasteiger partial charge is 0.468 e. The van der Waals surface area contributed by atoms with Gasteiger partial charge in [-0.1, -0.05) is 6.08 Å². The van der Waals surface area contributed by atoms with Crippen molar-refractivity contribution in [2.75, 3.05) is 25.2 Å². The molecule has 0 aromatic carbocycles. The third-order valence-electron chi connectivity index (χ3n) is 3.26. The first kappa shape index (κ1) is 17.0. The van der Waals surface area contributed by atoms with Crippen molar-refractivity contribution in [2.24, 2.45) is 5.73 Å². The Bertz CT molecular complexity index is 371. The van der Waals surface area contributed by atoms with Gasteiger partial charge in [0.1, 0.15) is 6.04 Å². The van der Waals surface area contributed by atoms with Crippen LogP contribution in [-0.2, 0) is 14.3 Å². The van der Waals surface area contributed by atoms with Crippen LogP contribution in [0.3, 0.4) is 0 Å². The molecule has 0 saturated carbocycles. The average molecular weight is 300 g/mol. The van der Waals surface area contributed by atoms with Gasteiger partial charge in [0.25, 0.3) is 0 Å². The van der Waals surface area contributed by atoms with E-state index in [1.807, 2.05) is 11.8 Å². The van der Waals surface area contributed by atoms with E-state index in [1.54, 1.807) is 0 Å². The minimum Gasteiger partial charge on any atom is -0.468 e. The Balaban J connectivity index is 2.40. The number of rotatable bonds is 7. The highest BCUT2D eigenvalue weighted by Gasteiger charge is 2.19. The Morgan fingerprint density at radius 1 is 1.50 bits per heavy atom. The van der Waals surface area contributed by atoms with Crippen LogP contribution in [0.25, 0.3) is 0 Å². The molecule has 0 saturated heterocycles. The van der Waals surface area contributed by atoms with Gasteiger partial charge in [0.05, 0.1) is 12.9 Å². The van der Waals surface area contributed by atoms with Crippen molar-refractivity contribution < 1.29 is 14.3 Å². The fourth-order valence-electron chi connectivity index (χ4n) is 2.18. The second-order valence-electron chi connectivity index (χ2n) is 4.72. The standard InChI is InChI=1S/C14H24N2O3S/c1-3-16(11-7-5-4-6-8-11)13(17)10-20-9-12(15)14(18)19-2/h7,12H,3-6,8-10,15H2,1-2H3. The number of esters is 1. The second-order valence-corrected chi connectivity index (χ2v) is 5.75. The zero-order valence-electron chi connectivity index (χ0n) is 12.3. The van der Waals surface area contributed by atoms with E-state index in [2.05, 4.69) is 10.8 Å². The molecule has 0 aromatic heterocycles. The van der Waals surface area contributed by atoms with Gasteiger partial charge in [0.15, 0.2) is 0 Å². The fourth-order valence-corrected chi connectivity index (χ4v) is 3.01. The average Bonchev–Trinajstić information content (AvgIpc) is 2.48. The Hall–Kier alpha value is -1.01. The normalized spacial score (nSPS) is 16.2. The molecular weight excluding hydrogens is 276 g/mol. The minimum absolute atomic E-state index is 0.0858. The smallest absolute Gasteiger partial charge is 0.323 e. The summed E-state index contributed by atoms with van der Waals surface area (Å²) in [6.45, 7) is 2.67. The van der Waals surface area contributed by atoms with E-state index in [1.165, 1.54) is 25.3 Å². The number of hydrogen-bond acceptors (Lipinski definition) is 5. The predicted octanol–water partition coefficient (Wildman–Crippen LogP) is 1.53. The Kier molecular flexibility index (Phi) is 7.69. The molecule has 5 nitrogen and oxygen atoms in total. The Labute approximate surface area is 124 Å². The number of amides is 1. The highest BCUT2D eigenvalue weighted by molar-refractivity contribution is 8.00. The van der Waals surface area contributed by atoms with Crippen molar-refractivity contribution >= 4 is 23.6 Å². The maximum absolute atomic E-state index is 12.2. The van der Waals surface area contributed by atoms with Crippen LogP contribution in [0.1, 0.15) is 32.6 Å². The Morgan fingerprint density at radius 2 is 2.25 bits per heavy atom.